The highest BCUT2D eigenvalue weighted by molar-refractivity contribution is 7.91. The second kappa shape index (κ2) is 5.80. The van der Waals surface area contributed by atoms with Crippen LogP contribution in [0.2, 0.25) is 0 Å². The van der Waals surface area contributed by atoms with E-state index >= 15 is 0 Å². The second-order valence-electron chi connectivity index (χ2n) is 5.30. The molecule has 0 atom stereocenters. The number of halogens is 3. The number of hydrogen-bond acceptors (Lipinski definition) is 5. The summed E-state index contributed by atoms with van der Waals surface area (Å²) in [6.07, 6.45) is -2.12. The van der Waals surface area contributed by atoms with Gasteiger partial charge in [-0.05, 0) is 18.2 Å². The average Bonchev–Trinajstić information content (AvgIpc) is 2.90. The molecule has 10 heteroatoms. The van der Waals surface area contributed by atoms with Crippen molar-refractivity contribution in [1.29, 1.82) is 0 Å². The maximum absolute atomic E-state index is 12.8. The van der Waals surface area contributed by atoms with Gasteiger partial charge in [0, 0.05) is 13.2 Å². The number of imidazole rings is 1. The zero-order valence-corrected chi connectivity index (χ0v) is 14.1. The summed E-state index contributed by atoms with van der Waals surface area (Å²) in [4.78, 5) is 11.6. The Kier molecular flexibility index (Phi) is 4.02. The van der Waals surface area contributed by atoms with Crippen LogP contribution in [-0.4, -0.2) is 33.7 Å². The smallest absolute Gasteiger partial charge is 0.324 e. The van der Waals surface area contributed by atoms with Gasteiger partial charge >= 0.3 is 6.18 Å². The fourth-order valence-electron chi connectivity index (χ4n) is 2.42. The van der Waals surface area contributed by atoms with E-state index in [2.05, 4.69) is 15.0 Å². The van der Waals surface area contributed by atoms with Crippen molar-refractivity contribution in [3.8, 4) is 11.5 Å². The van der Waals surface area contributed by atoms with E-state index in [1.165, 1.54) is 29.8 Å². The van der Waals surface area contributed by atoms with Gasteiger partial charge in [-0.1, -0.05) is 6.92 Å². The zero-order valence-electron chi connectivity index (χ0n) is 13.2. The van der Waals surface area contributed by atoms with Crippen LogP contribution in [0.15, 0.2) is 35.5 Å². The fraction of sp³-hybridized carbons (Fsp3) is 0.267. The Morgan fingerprint density at radius 3 is 2.60 bits per heavy atom. The zero-order chi connectivity index (χ0) is 18.4. The van der Waals surface area contributed by atoms with Gasteiger partial charge in [0.05, 0.1) is 27.9 Å². The van der Waals surface area contributed by atoms with Crippen LogP contribution in [0.4, 0.5) is 13.2 Å². The Bertz CT molecular complexity index is 1060. The lowest BCUT2D eigenvalue weighted by molar-refractivity contribution is -0.141. The molecule has 0 N–H and O–H groups in total. The number of alkyl halides is 3. The lowest BCUT2D eigenvalue weighted by atomic mass is 10.3. The molecule has 0 spiro atoms. The Morgan fingerprint density at radius 2 is 1.96 bits per heavy atom. The molecule has 0 bridgehead atoms. The minimum Gasteiger partial charge on any atom is -0.324 e. The summed E-state index contributed by atoms with van der Waals surface area (Å²) in [6.45, 7) is 1.50. The third-order valence-corrected chi connectivity index (χ3v) is 5.51. The monoisotopic (exact) mass is 370 g/mol. The van der Waals surface area contributed by atoms with Crippen molar-refractivity contribution in [2.45, 2.75) is 18.0 Å². The number of fused-ring (bicyclic) bond motifs is 1. The highest BCUT2D eigenvalue weighted by Gasteiger charge is 2.33. The van der Waals surface area contributed by atoms with E-state index in [0.717, 1.165) is 12.3 Å². The molecule has 6 nitrogen and oxygen atoms in total. The molecule has 3 aromatic rings. The molecule has 3 aromatic heterocycles. The molecular formula is C15H13F3N4O2S. The third kappa shape index (κ3) is 2.97. The van der Waals surface area contributed by atoms with Gasteiger partial charge in [-0.25, -0.2) is 18.4 Å². The Hall–Kier alpha value is -2.49. The van der Waals surface area contributed by atoms with Crippen molar-refractivity contribution in [3.63, 3.8) is 0 Å². The largest absolute Gasteiger partial charge is 0.433 e. The van der Waals surface area contributed by atoms with Crippen LogP contribution in [-0.2, 0) is 23.1 Å². The van der Waals surface area contributed by atoms with E-state index in [0.29, 0.717) is 5.52 Å². The molecule has 0 aromatic carbocycles. The molecule has 0 amide bonds. The van der Waals surface area contributed by atoms with E-state index in [9.17, 15) is 21.6 Å². The molecule has 0 saturated heterocycles. The first-order valence-corrected chi connectivity index (χ1v) is 8.88. The molecule has 0 radical (unpaired) electrons. The Balaban J connectivity index is 2.26. The van der Waals surface area contributed by atoms with Crippen LogP contribution in [0.1, 0.15) is 12.6 Å². The number of rotatable bonds is 3. The molecule has 0 fully saturated rings. The van der Waals surface area contributed by atoms with Crippen molar-refractivity contribution in [2.24, 2.45) is 7.05 Å². The van der Waals surface area contributed by atoms with Crippen molar-refractivity contribution < 1.29 is 21.6 Å². The van der Waals surface area contributed by atoms with Gasteiger partial charge < -0.3 is 4.57 Å². The van der Waals surface area contributed by atoms with Crippen molar-refractivity contribution in [3.05, 3.63) is 36.3 Å². The van der Waals surface area contributed by atoms with Crippen LogP contribution in [0.5, 0.6) is 0 Å². The van der Waals surface area contributed by atoms with Gasteiger partial charge in [0.2, 0.25) is 0 Å². The number of hydrogen-bond donors (Lipinski definition) is 0. The minimum atomic E-state index is -4.59. The molecule has 0 aliphatic rings. The molecule has 0 aliphatic carbocycles. The van der Waals surface area contributed by atoms with E-state index in [4.69, 9.17) is 0 Å². The summed E-state index contributed by atoms with van der Waals surface area (Å²) in [5.74, 6) is 0.0267. The first-order valence-electron chi connectivity index (χ1n) is 7.23. The first kappa shape index (κ1) is 17.3. The molecule has 132 valence electrons. The van der Waals surface area contributed by atoms with Crippen molar-refractivity contribution in [1.82, 2.24) is 19.5 Å². The van der Waals surface area contributed by atoms with Gasteiger partial charge in [0.1, 0.15) is 11.4 Å². The Morgan fingerprint density at radius 1 is 1.24 bits per heavy atom. The number of pyridine rings is 2. The van der Waals surface area contributed by atoms with Gasteiger partial charge in [-0.15, -0.1) is 0 Å². The molecule has 0 saturated carbocycles. The minimum absolute atomic E-state index is 0.0140. The summed E-state index contributed by atoms with van der Waals surface area (Å²) >= 11 is 0. The SMILES string of the molecule is CCS(=O)(=O)c1cccnc1-c1nc2cc(C(F)(F)F)ncc2n1C. The number of aryl methyl sites for hydroxylation is 1. The summed E-state index contributed by atoms with van der Waals surface area (Å²) in [5, 5.41) is 0. The number of aromatic nitrogens is 4. The summed E-state index contributed by atoms with van der Waals surface area (Å²) < 4.78 is 64.5. The van der Waals surface area contributed by atoms with Crippen LogP contribution in [0.25, 0.3) is 22.6 Å². The number of nitrogens with zero attached hydrogens (tertiary/aromatic N) is 4. The van der Waals surface area contributed by atoms with E-state index in [1.54, 1.807) is 7.05 Å². The van der Waals surface area contributed by atoms with E-state index < -0.39 is 21.7 Å². The molecule has 3 heterocycles. The van der Waals surface area contributed by atoms with Gasteiger partial charge in [-0.3, -0.25) is 4.98 Å². The summed E-state index contributed by atoms with van der Waals surface area (Å²) in [6, 6.07) is 3.72. The predicted octanol–water partition coefficient (Wildman–Crippen LogP) is 2.84. The van der Waals surface area contributed by atoms with Gasteiger partial charge in [0.15, 0.2) is 15.7 Å². The van der Waals surface area contributed by atoms with E-state index in [1.807, 2.05) is 0 Å². The van der Waals surface area contributed by atoms with Crippen molar-refractivity contribution in [2.75, 3.05) is 5.75 Å². The van der Waals surface area contributed by atoms with Gasteiger partial charge in [0.25, 0.3) is 0 Å². The highest BCUT2D eigenvalue weighted by Crippen LogP contribution is 2.32. The Labute approximate surface area is 141 Å². The van der Waals surface area contributed by atoms with Crippen LogP contribution < -0.4 is 0 Å². The second-order valence-corrected chi connectivity index (χ2v) is 7.55. The molecule has 0 unspecified atom stereocenters. The molecule has 3 rings (SSSR count). The molecule has 0 aliphatic heterocycles. The topological polar surface area (TPSA) is 77.7 Å². The molecular weight excluding hydrogens is 357 g/mol. The lowest BCUT2D eigenvalue weighted by Crippen LogP contribution is -2.08. The first-order chi connectivity index (χ1) is 11.6. The maximum Gasteiger partial charge on any atom is 0.433 e. The normalized spacial score (nSPS) is 12.7. The van der Waals surface area contributed by atoms with Crippen LogP contribution in [0, 0.1) is 0 Å². The standard InChI is InChI=1S/C15H13F3N4O2S/c1-3-25(23,24)11-5-4-6-19-13(11)14-21-9-7-12(15(16,17)18)20-8-10(9)22(14)2/h4-8H,3H2,1-2H3. The summed E-state index contributed by atoms with van der Waals surface area (Å²) in [5.41, 5.74) is -0.567. The average molecular weight is 370 g/mol. The van der Waals surface area contributed by atoms with Gasteiger partial charge in [-0.2, -0.15) is 13.2 Å². The fourth-order valence-corrected chi connectivity index (χ4v) is 3.46. The van der Waals surface area contributed by atoms with Crippen LogP contribution >= 0.6 is 0 Å². The highest BCUT2D eigenvalue weighted by atomic mass is 32.2. The predicted molar refractivity (Wildman–Crippen MR) is 84.5 cm³/mol. The van der Waals surface area contributed by atoms with E-state index in [-0.39, 0.29) is 27.7 Å². The quantitative estimate of drug-likeness (QED) is 0.708. The lowest BCUT2D eigenvalue weighted by Gasteiger charge is -2.08. The maximum atomic E-state index is 12.8. The molecule has 25 heavy (non-hydrogen) atoms. The van der Waals surface area contributed by atoms with Crippen LogP contribution in [0.3, 0.4) is 0 Å². The van der Waals surface area contributed by atoms with Crippen molar-refractivity contribution >= 4 is 20.9 Å². The third-order valence-electron chi connectivity index (χ3n) is 3.76. The summed E-state index contributed by atoms with van der Waals surface area (Å²) in [7, 11) is -2.01. The number of sulfone groups is 1.